The van der Waals surface area contributed by atoms with Crippen molar-refractivity contribution in [3.63, 3.8) is 0 Å². The van der Waals surface area contributed by atoms with E-state index in [0.29, 0.717) is 23.7 Å². The number of rotatable bonds is 6. The molecule has 2 aromatic rings. The third-order valence-electron chi connectivity index (χ3n) is 3.21. The number of nitrogens with zero attached hydrogens (tertiary/aromatic N) is 2. The second-order valence-electron chi connectivity index (χ2n) is 4.57. The fourth-order valence-electron chi connectivity index (χ4n) is 2.21. The van der Waals surface area contributed by atoms with Gasteiger partial charge in [-0.1, -0.05) is 18.5 Å². The molecule has 0 bridgehead atoms. The van der Waals surface area contributed by atoms with Gasteiger partial charge in [0.05, 0.1) is 18.5 Å². The first-order chi connectivity index (χ1) is 10.1. The summed E-state index contributed by atoms with van der Waals surface area (Å²) in [4.78, 5) is 10.8. The van der Waals surface area contributed by atoms with Crippen molar-refractivity contribution in [3.05, 3.63) is 40.5 Å². The van der Waals surface area contributed by atoms with Gasteiger partial charge in [-0.15, -0.1) is 0 Å². The zero-order chi connectivity index (χ0) is 15.4. The van der Waals surface area contributed by atoms with Gasteiger partial charge in [0.1, 0.15) is 0 Å². The lowest BCUT2D eigenvalue weighted by Gasteiger charge is -2.08. The highest BCUT2D eigenvalue weighted by Gasteiger charge is 2.19. The van der Waals surface area contributed by atoms with Crippen LogP contribution >= 0.6 is 11.6 Å². The predicted octanol–water partition coefficient (Wildman–Crippen LogP) is 3.11. The molecule has 0 unspecified atom stereocenters. The number of methoxy groups -OCH3 is 1. The van der Waals surface area contributed by atoms with Crippen LogP contribution in [0.1, 0.15) is 24.6 Å². The van der Waals surface area contributed by atoms with Gasteiger partial charge in [-0.25, -0.2) is 4.68 Å². The maximum atomic E-state index is 10.8. The molecule has 0 spiro atoms. The number of aromatic nitrogens is 2. The van der Waals surface area contributed by atoms with Gasteiger partial charge in [0, 0.05) is 17.0 Å². The molecule has 2 rings (SSSR count). The number of aliphatic carboxylic acids is 1. The Balaban J connectivity index is 2.46. The average molecular weight is 309 g/mol. The number of carboxylic acids is 1. The molecule has 0 saturated heterocycles. The lowest BCUT2D eigenvalue weighted by Crippen LogP contribution is -2.02. The van der Waals surface area contributed by atoms with E-state index in [1.54, 1.807) is 23.9 Å². The largest absolute Gasteiger partial charge is 0.481 e. The van der Waals surface area contributed by atoms with Crippen molar-refractivity contribution in [3.8, 4) is 11.6 Å². The highest BCUT2D eigenvalue weighted by atomic mass is 35.5. The van der Waals surface area contributed by atoms with Gasteiger partial charge in [-0.05, 0) is 37.1 Å². The van der Waals surface area contributed by atoms with Gasteiger partial charge in [-0.2, -0.15) is 5.10 Å². The number of ether oxygens (including phenoxy) is 1. The van der Waals surface area contributed by atoms with Crippen molar-refractivity contribution in [2.45, 2.75) is 26.2 Å². The van der Waals surface area contributed by atoms with Crippen molar-refractivity contribution in [1.29, 1.82) is 0 Å². The van der Waals surface area contributed by atoms with Gasteiger partial charge in [0.25, 0.3) is 0 Å². The molecule has 0 fully saturated rings. The molecule has 0 aliphatic rings. The van der Waals surface area contributed by atoms with Gasteiger partial charge >= 0.3 is 5.97 Å². The maximum absolute atomic E-state index is 10.8. The molecule has 0 radical (unpaired) electrons. The zero-order valence-electron chi connectivity index (χ0n) is 12.0. The Morgan fingerprint density at radius 3 is 2.57 bits per heavy atom. The topological polar surface area (TPSA) is 64.4 Å². The highest BCUT2D eigenvalue weighted by Crippen LogP contribution is 2.28. The number of hydrogen-bond acceptors (Lipinski definition) is 3. The van der Waals surface area contributed by atoms with Crippen LogP contribution in [0, 0.1) is 0 Å². The second kappa shape index (κ2) is 6.63. The molecule has 0 amide bonds. The first-order valence-corrected chi connectivity index (χ1v) is 7.07. The van der Waals surface area contributed by atoms with Crippen molar-refractivity contribution >= 4 is 17.6 Å². The van der Waals surface area contributed by atoms with Crippen molar-refractivity contribution in [2.24, 2.45) is 0 Å². The SMILES string of the molecule is CCc1nn(-c2ccc(Cl)cc2)c(OC)c1CCC(=O)O. The summed E-state index contributed by atoms with van der Waals surface area (Å²) in [5, 5.41) is 14.1. The third-order valence-corrected chi connectivity index (χ3v) is 3.46. The Kier molecular flexibility index (Phi) is 4.85. The standard InChI is InChI=1S/C15H17ClN2O3/c1-3-13-12(8-9-14(19)20)15(21-2)18(17-13)11-6-4-10(16)5-7-11/h4-7H,3,8-9H2,1-2H3,(H,19,20). The summed E-state index contributed by atoms with van der Waals surface area (Å²) in [6.45, 7) is 1.98. The van der Waals surface area contributed by atoms with Gasteiger partial charge in [0.2, 0.25) is 5.88 Å². The van der Waals surface area contributed by atoms with Crippen LogP contribution < -0.4 is 4.74 Å². The lowest BCUT2D eigenvalue weighted by atomic mass is 10.1. The molecular weight excluding hydrogens is 292 g/mol. The molecule has 0 aliphatic carbocycles. The van der Waals surface area contributed by atoms with Gasteiger partial charge < -0.3 is 9.84 Å². The summed E-state index contributed by atoms with van der Waals surface area (Å²) in [5.74, 6) is -0.256. The third kappa shape index (κ3) is 3.36. The van der Waals surface area contributed by atoms with Gasteiger partial charge in [0.15, 0.2) is 0 Å². The molecule has 112 valence electrons. The van der Waals surface area contributed by atoms with E-state index >= 15 is 0 Å². The van der Waals surface area contributed by atoms with E-state index in [1.165, 1.54) is 0 Å². The fourth-order valence-corrected chi connectivity index (χ4v) is 2.34. The first-order valence-electron chi connectivity index (χ1n) is 6.69. The maximum Gasteiger partial charge on any atom is 0.303 e. The van der Waals surface area contributed by atoms with Crippen molar-refractivity contribution in [1.82, 2.24) is 9.78 Å². The van der Waals surface area contributed by atoms with Crippen molar-refractivity contribution < 1.29 is 14.6 Å². The molecule has 5 nitrogen and oxygen atoms in total. The summed E-state index contributed by atoms with van der Waals surface area (Å²) in [6, 6.07) is 7.25. The molecule has 0 atom stereocenters. The van der Waals surface area contributed by atoms with E-state index < -0.39 is 5.97 Å². The molecule has 1 N–H and O–H groups in total. The smallest absolute Gasteiger partial charge is 0.303 e. The fraction of sp³-hybridized carbons (Fsp3) is 0.333. The van der Waals surface area contributed by atoms with E-state index in [1.807, 2.05) is 19.1 Å². The van der Waals surface area contributed by atoms with Crippen LogP contribution in [0.4, 0.5) is 0 Å². The average Bonchev–Trinajstić information content (AvgIpc) is 2.83. The van der Waals surface area contributed by atoms with Crippen LogP contribution in [0.3, 0.4) is 0 Å². The number of halogens is 1. The Hall–Kier alpha value is -2.01. The molecule has 6 heteroatoms. The molecular formula is C15H17ClN2O3. The summed E-state index contributed by atoms with van der Waals surface area (Å²) in [7, 11) is 1.56. The highest BCUT2D eigenvalue weighted by molar-refractivity contribution is 6.30. The van der Waals surface area contributed by atoms with E-state index in [2.05, 4.69) is 5.10 Å². The minimum atomic E-state index is -0.835. The molecule has 1 aromatic carbocycles. The lowest BCUT2D eigenvalue weighted by molar-refractivity contribution is -0.136. The Morgan fingerprint density at radius 1 is 1.38 bits per heavy atom. The Morgan fingerprint density at radius 2 is 2.05 bits per heavy atom. The van der Waals surface area contributed by atoms with Crippen LogP contribution in [-0.2, 0) is 17.6 Å². The van der Waals surface area contributed by atoms with E-state index in [0.717, 1.165) is 16.9 Å². The molecule has 1 aromatic heterocycles. The summed E-state index contributed by atoms with van der Waals surface area (Å²) in [6.07, 6.45) is 1.16. The molecule has 0 aliphatic heterocycles. The Labute approximate surface area is 128 Å². The number of carboxylic acid groups (broad SMARTS) is 1. The number of hydrogen-bond donors (Lipinski definition) is 1. The zero-order valence-corrected chi connectivity index (χ0v) is 12.7. The summed E-state index contributed by atoms with van der Waals surface area (Å²) < 4.78 is 7.14. The minimum Gasteiger partial charge on any atom is -0.481 e. The summed E-state index contributed by atoms with van der Waals surface area (Å²) in [5.41, 5.74) is 2.52. The van der Waals surface area contributed by atoms with Crippen LogP contribution in [0.5, 0.6) is 5.88 Å². The van der Waals surface area contributed by atoms with E-state index in [-0.39, 0.29) is 6.42 Å². The number of aryl methyl sites for hydroxylation is 1. The minimum absolute atomic E-state index is 0.0513. The summed E-state index contributed by atoms with van der Waals surface area (Å²) >= 11 is 5.89. The molecule has 21 heavy (non-hydrogen) atoms. The van der Waals surface area contributed by atoms with E-state index in [4.69, 9.17) is 21.4 Å². The number of benzene rings is 1. The predicted molar refractivity (Wildman–Crippen MR) is 80.5 cm³/mol. The van der Waals surface area contributed by atoms with Crippen LogP contribution in [0.2, 0.25) is 5.02 Å². The first kappa shape index (κ1) is 15.4. The Bertz CT molecular complexity index is 635. The van der Waals surface area contributed by atoms with Gasteiger partial charge in [-0.3, -0.25) is 4.79 Å². The molecule has 0 saturated carbocycles. The van der Waals surface area contributed by atoms with Crippen LogP contribution in [0.25, 0.3) is 5.69 Å². The van der Waals surface area contributed by atoms with E-state index in [9.17, 15) is 4.79 Å². The van der Waals surface area contributed by atoms with Crippen molar-refractivity contribution in [2.75, 3.05) is 7.11 Å². The van der Waals surface area contributed by atoms with Crippen LogP contribution in [0.15, 0.2) is 24.3 Å². The quantitative estimate of drug-likeness (QED) is 0.890. The normalized spacial score (nSPS) is 10.6. The number of carbonyl (C=O) groups is 1. The second-order valence-corrected chi connectivity index (χ2v) is 5.01. The molecule has 1 heterocycles. The monoisotopic (exact) mass is 308 g/mol. The van der Waals surface area contributed by atoms with Crippen LogP contribution in [-0.4, -0.2) is 28.0 Å².